The van der Waals surface area contributed by atoms with Crippen LogP contribution in [0, 0.1) is 0 Å². The number of nitrogens with one attached hydrogen (secondary N) is 2. The zero-order valence-corrected chi connectivity index (χ0v) is 23.7. The van der Waals surface area contributed by atoms with Crippen molar-refractivity contribution in [3.8, 4) is 11.4 Å². The number of hydrogen-bond acceptors (Lipinski definition) is 8. The Bertz CT molecular complexity index is 1390. The van der Waals surface area contributed by atoms with Crippen LogP contribution in [0.3, 0.4) is 0 Å². The highest BCUT2D eigenvalue weighted by Crippen LogP contribution is 2.64. The summed E-state index contributed by atoms with van der Waals surface area (Å²) >= 11 is 0. The zero-order chi connectivity index (χ0) is 28.8. The molecule has 4 aliphatic heterocycles. The maximum Gasteiger partial charge on any atom is 0.301 e. The first-order valence-corrected chi connectivity index (χ1v) is 15.1. The Balaban J connectivity index is 1.56. The average Bonchev–Trinajstić information content (AvgIpc) is 3.81. The number of piperidine rings is 1. The lowest BCUT2D eigenvalue weighted by molar-refractivity contribution is -0.277. The van der Waals surface area contributed by atoms with Crippen molar-refractivity contribution in [2.45, 2.75) is 49.1 Å². The van der Waals surface area contributed by atoms with Gasteiger partial charge in [-0.15, -0.1) is 10.2 Å². The van der Waals surface area contributed by atoms with Gasteiger partial charge >= 0.3 is 5.91 Å². The maximum atomic E-state index is 19.0. The Morgan fingerprint density at radius 3 is 2.17 bits per heavy atom. The van der Waals surface area contributed by atoms with E-state index >= 15 is 8.87 Å². The van der Waals surface area contributed by atoms with Crippen LogP contribution in [0.15, 0.2) is 54.9 Å². The number of carbonyl (C=O) groups is 1. The van der Waals surface area contributed by atoms with Gasteiger partial charge in [-0.05, 0) is 56.5 Å². The second kappa shape index (κ2) is 10.7. The highest BCUT2D eigenvalue weighted by Gasteiger charge is 2.85. The number of alkyl halides is 1. The third-order valence-electron chi connectivity index (χ3n) is 9.61. The van der Waals surface area contributed by atoms with Gasteiger partial charge in [-0.1, -0.05) is 41.2 Å². The fourth-order valence-corrected chi connectivity index (χ4v) is 7.97. The summed E-state index contributed by atoms with van der Waals surface area (Å²) in [5, 5.41) is 11.7. The number of imidazole rings is 1. The molecule has 4 fully saturated rings. The Kier molecular flexibility index (Phi) is 7.04. The molecule has 222 valence electrons. The van der Waals surface area contributed by atoms with Gasteiger partial charge in [-0.3, -0.25) is 19.5 Å². The first kappa shape index (κ1) is 27.5. The minimum atomic E-state index is -2.89. The predicted octanol–water partition coefficient (Wildman–Crippen LogP) is 2.79. The van der Waals surface area contributed by atoms with E-state index in [4.69, 9.17) is 0 Å². The molecule has 0 radical (unpaired) electrons. The third-order valence-corrected chi connectivity index (χ3v) is 9.61. The van der Waals surface area contributed by atoms with Crippen molar-refractivity contribution in [3.63, 3.8) is 0 Å². The quantitative estimate of drug-likeness (QED) is 0.432. The second-order valence-electron chi connectivity index (χ2n) is 11.7. The van der Waals surface area contributed by atoms with Gasteiger partial charge < -0.3 is 10.3 Å². The van der Waals surface area contributed by atoms with Crippen molar-refractivity contribution in [2.75, 3.05) is 52.4 Å². The molecule has 0 spiro atoms. The molecule has 4 aliphatic rings. The Labute approximate surface area is 244 Å². The molecular formula is C30H37F2N9O. The summed E-state index contributed by atoms with van der Waals surface area (Å²) in [5.41, 5.74) is -3.25. The smallest absolute Gasteiger partial charge is 0.301 e. The summed E-state index contributed by atoms with van der Waals surface area (Å²) in [7, 11) is 0. The van der Waals surface area contributed by atoms with Crippen LogP contribution in [-0.4, -0.2) is 104 Å². The van der Waals surface area contributed by atoms with Crippen LogP contribution in [0.5, 0.6) is 0 Å². The minimum Gasteiger partial charge on any atom is -0.337 e. The number of hydrogen-bond donors (Lipinski definition) is 2. The van der Waals surface area contributed by atoms with Gasteiger partial charge in [0.2, 0.25) is 5.79 Å². The van der Waals surface area contributed by atoms with Crippen LogP contribution in [0.25, 0.3) is 11.4 Å². The number of halogens is 2. The third kappa shape index (κ3) is 3.68. The van der Waals surface area contributed by atoms with E-state index in [1.165, 1.54) is 6.20 Å². The molecule has 0 bridgehead atoms. The monoisotopic (exact) mass is 577 g/mol. The predicted molar refractivity (Wildman–Crippen MR) is 152 cm³/mol. The van der Waals surface area contributed by atoms with Crippen LogP contribution in [0.2, 0.25) is 0 Å². The van der Waals surface area contributed by atoms with E-state index in [-0.39, 0.29) is 10.9 Å². The number of aromatic nitrogens is 4. The summed E-state index contributed by atoms with van der Waals surface area (Å²) in [6.07, 6.45) is 7.35. The number of H-pyrrole nitrogens is 1. The van der Waals surface area contributed by atoms with Crippen LogP contribution < -0.4 is 5.32 Å². The molecule has 2 N–H and O–H groups in total. The normalized spacial score (nSPS) is 31.7. The lowest BCUT2D eigenvalue weighted by Crippen LogP contribution is -2.81. The van der Waals surface area contributed by atoms with E-state index in [0.29, 0.717) is 69.3 Å². The fourth-order valence-electron chi connectivity index (χ4n) is 7.97. The molecule has 3 unspecified atom stereocenters. The molecule has 6 heterocycles. The van der Waals surface area contributed by atoms with Crippen LogP contribution in [0.1, 0.15) is 43.5 Å². The van der Waals surface area contributed by atoms with Gasteiger partial charge in [-0.25, -0.2) is 9.37 Å². The van der Waals surface area contributed by atoms with Crippen LogP contribution in [-0.2, 0) is 16.0 Å². The molecule has 3 aromatic rings. The molecule has 3 atom stereocenters. The molecule has 1 aromatic carbocycles. The van der Waals surface area contributed by atoms with Gasteiger partial charge in [0.25, 0.3) is 5.67 Å². The number of aromatic amines is 1. The number of carbonyl (C=O) groups excluding carboxylic acids is 1. The van der Waals surface area contributed by atoms with Crippen LogP contribution >= 0.6 is 0 Å². The number of benzene rings is 1. The van der Waals surface area contributed by atoms with Crippen molar-refractivity contribution in [2.24, 2.45) is 0 Å². The highest BCUT2D eigenvalue weighted by molar-refractivity contribution is 5.92. The molecular weight excluding hydrogens is 540 g/mol. The SMILES string of the molecule is O=C1N(F)C(N2CCCC2)(N2CCNCC2)C(c2ccccc2)(N2CCCCC2)C1(F)c1ncc(-c2cccnn2)[nH]1. The van der Waals surface area contributed by atoms with Gasteiger partial charge in [-0.2, -0.15) is 5.10 Å². The Morgan fingerprint density at radius 1 is 0.810 bits per heavy atom. The van der Waals surface area contributed by atoms with E-state index in [0.717, 1.165) is 32.1 Å². The zero-order valence-electron chi connectivity index (χ0n) is 23.7. The summed E-state index contributed by atoms with van der Waals surface area (Å²) in [4.78, 5) is 28.3. The van der Waals surface area contributed by atoms with Crippen molar-refractivity contribution >= 4 is 5.91 Å². The summed E-state index contributed by atoms with van der Waals surface area (Å²) < 4.78 is 36.6. The summed E-state index contributed by atoms with van der Waals surface area (Å²) in [5.74, 6) is -3.20. The molecule has 1 amide bonds. The molecule has 4 saturated heterocycles. The molecule has 2 aromatic heterocycles. The van der Waals surface area contributed by atoms with Crippen molar-refractivity contribution in [1.82, 2.24) is 45.3 Å². The number of likely N-dealkylation sites (tertiary alicyclic amines) is 2. The number of rotatable bonds is 6. The van der Waals surface area contributed by atoms with Gasteiger partial charge in [0.1, 0.15) is 5.69 Å². The molecule has 7 rings (SSSR count). The van der Waals surface area contributed by atoms with Crippen LogP contribution in [0.4, 0.5) is 8.87 Å². The number of piperazine rings is 1. The molecule has 10 nitrogen and oxygen atoms in total. The minimum absolute atomic E-state index is 0.221. The van der Waals surface area contributed by atoms with E-state index in [1.54, 1.807) is 18.3 Å². The lowest BCUT2D eigenvalue weighted by Gasteiger charge is -2.62. The van der Waals surface area contributed by atoms with Gasteiger partial charge in [0.05, 0.1) is 11.9 Å². The number of nitrogens with zero attached hydrogens (tertiary/aromatic N) is 7. The second-order valence-corrected chi connectivity index (χ2v) is 11.7. The number of amides is 1. The van der Waals surface area contributed by atoms with Crippen molar-refractivity contribution < 1.29 is 13.7 Å². The van der Waals surface area contributed by atoms with Crippen molar-refractivity contribution in [1.29, 1.82) is 0 Å². The van der Waals surface area contributed by atoms with E-state index < -0.39 is 22.9 Å². The Morgan fingerprint density at radius 2 is 1.48 bits per heavy atom. The highest BCUT2D eigenvalue weighted by atomic mass is 19.2. The maximum absolute atomic E-state index is 19.0. The lowest BCUT2D eigenvalue weighted by atomic mass is 9.69. The molecule has 0 saturated carbocycles. The standard InChI is InChI=1S/C30H37F2N9O/c31-28(26-34-22-25(36-26)24-12-9-13-35-37-24)27(42)41(32)30(39-18-7-8-19-39,40-20-14-33-15-21-40)29(28,23-10-3-1-4-11-23)38-16-5-2-6-17-38/h1,3-4,9-13,22,33H,2,5-8,14-21H2,(H,34,36). The Hall–Kier alpha value is -3.32. The van der Waals surface area contributed by atoms with E-state index in [2.05, 4.69) is 30.4 Å². The molecule has 0 aliphatic carbocycles. The first-order valence-electron chi connectivity index (χ1n) is 15.1. The molecule has 12 heteroatoms. The van der Waals surface area contributed by atoms with Gasteiger partial charge in [0.15, 0.2) is 11.4 Å². The fraction of sp³-hybridized carbons (Fsp3) is 0.533. The van der Waals surface area contributed by atoms with E-state index in [9.17, 15) is 4.79 Å². The average molecular weight is 578 g/mol. The topological polar surface area (TPSA) is 96.5 Å². The van der Waals surface area contributed by atoms with Gasteiger partial charge in [0, 0.05) is 45.5 Å². The largest absolute Gasteiger partial charge is 0.337 e. The van der Waals surface area contributed by atoms with E-state index in [1.807, 2.05) is 40.1 Å². The summed E-state index contributed by atoms with van der Waals surface area (Å²) in [6.45, 7) is 4.32. The molecule has 42 heavy (non-hydrogen) atoms. The van der Waals surface area contributed by atoms with Crippen molar-refractivity contribution in [3.05, 3.63) is 66.2 Å². The summed E-state index contributed by atoms with van der Waals surface area (Å²) in [6, 6.07) is 12.8. The first-order chi connectivity index (χ1) is 20.6.